The number of benzene rings is 1. The van der Waals surface area contributed by atoms with Gasteiger partial charge < -0.3 is 15.0 Å². The number of anilines is 1. The van der Waals surface area contributed by atoms with Gasteiger partial charge in [-0.05, 0) is 18.2 Å². The minimum Gasteiger partial charge on any atom is -0.464 e. The first-order valence-corrected chi connectivity index (χ1v) is 8.09. The molecule has 7 nitrogen and oxygen atoms in total. The summed E-state index contributed by atoms with van der Waals surface area (Å²) in [7, 11) is -2.62. The summed E-state index contributed by atoms with van der Waals surface area (Å²) in [5.74, 6) is -1.60. The lowest BCUT2D eigenvalue weighted by atomic mass is 10.2. The lowest BCUT2D eigenvalue weighted by molar-refractivity contribution is 0.0593. The number of methoxy groups -OCH3 is 1. The number of halogens is 1. The van der Waals surface area contributed by atoms with Crippen LogP contribution in [0.1, 0.15) is 16.1 Å². The molecule has 2 aromatic rings. The molecular weight excluding hydrogens is 325 g/mol. The van der Waals surface area contributed by atoms with Crippen LogP contribution in [0.25, 0.3) is 5.69 Å². The molecule has 1 heterocycles. The van der Waals surface area contributed by atoms with Gasteiger partial charge in [0.25, 0.3) is 0 Å². The highest BCUT2D eigenvalue weighted by Crippen LogP contribution is 2.29. The molecule has 0 saturated carbocycles. The molecule has 0 unspecified atom stereocenters. The van der Waals surface area contributed by atoms with Crippen LogP contribution >= 0.6 is 0 Å². The van der Waals surface area contributed by atoms with E-state index < -0.39 is 21.6 Å². The Labute approximate surface area is 131 Å². The van der Waals surface area contributed by atoms with Crippen molar-refractivity contribution in [3.8, 4) is 11.8 Å². The first kappa shape index (κ1) is 16.5. The third kappa shape index (κ3) is 2.89. The maximum atomic E-state index is 13.6. The summed E-state index contributed by atoms with van der Waals surface area (Å²) < 4.78 is 43.0. The summed E-state index contributed by atoms with van der Waals surface area (Å²) in [6.45, 7) is 0. The molecule has 2 N–H and O–H groups in total. The van der Waals surface area contributed by atoms with Gasteiger partial charge >= 0.3 is 5.97 Å². The molecule has 1 aromatic heterocycles. The van der Waals surface area contributed by atoms with Crippen LogP contribution in [0.5, 0.6) is 0 Å². The molecule has 0 aliphatic carbocycles. The summed E-state index contributed by atoms with van der Waals surface area (Å²) in [5.41, 5.74) is 5.11. The molecule has 120 valence electrons. The second-order valence-corrected chi connectivity index (χ2v) is 6.65. The summed E-state index contributed by atoms with van der Waals surface area (Å²) >= 11 is 0. The number of rotatable bonds is 3. The predicted molar refractivity (Wildman–Crippen MR) is 79.3 cm³/mol. The molecule has 0 saturated heterocycles. The SMILES string of the molecule is COC(=O)c1c(N)c(C#N)cn1-c1cc(F)ccc1S(C)(=O)=O. The molecular formula is C14H12FN3O4S. The number of esters is 1. The van der Waals surface area contributed by atoms with Crippen molar-refractivity contribution in [2.45, 2.75) is 4.90 Å². The number of nitriles is 1. The fourth-order valence-electron chi connectivity index (χ4n) is 2.10. The average molecular weight is 337 g/mol. The molecule has 0 radical (unpaired) electrons. The number of nitrogens with two attached hydrogens (primary N) is 1. The van der Waals surface area contributed by atoms with Crippen molar-refractivity contribution >= 4 is 21.5 Å². The second-order valence-electron chi connectivity index (χ2n) is 4.66. The first-order valence-electron chi connectivity index (χ1n) is 6.20. The molecule has 0 spiro atoms. The normalized spacial score (nSPS) is 11.0. The zero-order chi connectivity index (χ0) is 17.4. The number of carbonyl (C=O) groups is 1. The lowest BCUT2D eigenvalue weighted by Gasteiger charge is -2.12. The van der Waals surface area contributed by atoms with Crippen molar-refractivity contribution < 1.29 is 22.3 Å². The van der Waals surface area contributed by atoms with Gasteiger partial charge in [-0.25, -0.2) is 17.6 Å². The van der Waals surface area contributed by atoms with Crippen molar-refractivity contribution in [2.24, 2.45) is 0 Å². The highest BCUT2D eigenvalue weighted by molar-refractivity contribution is 7.90. The second kappa shape index (κ2) is 5.73. The van der Waals surface area contributed by atoms with E-state index in [0.717, 1.165) is 42.3 Å². The minimum atomic E-state index is -3.72. The predicted octanol–water partition coefficient (Wildman–Crippen LogP) is 1.26. The van der Waals surface area contributed by atoms with Gasteiger partial charge in [-0.15, -0.1) is 0 Å². The van der Waals surface area contributed by atoms with Crippen LogP contribution in [0.15, 0.2) is 29.3 Å². The smallest absolute Gasteiger partial charge is 0.357 e. The average Bonchev–Trinajstić information content (AvgIpc) is 2.81. The molecule has 0 fully saturated rings. The van der Waals surface area contributed by atoms with Crippen LogP contribution in [0, 0.1) is 17.1 Å². The highest BCUT2D eigenvalue weighted by atomic mass is 32.2. The van der Waals surface area contributed by atoms with Gasteiger partial charge in [0, 0.05) is 12.5 Å². The van der Waals surface area contributed by atoms with Crippen LogP contribution in [0.2, 0.25) is 0 Å². The minimum absolute atomic E-state index is 0.0610. The Morgan fingerprint density at radius 3 is 2.61 bits per heavy atom. The van der Waals surface area contributed by atoms with Crippen molar-refractivity contribution in [1.82, 2.24) is 4.57 Å². The standard InChI is InChI=1S/C14H12FN3O4S/c1-22-14(19)13-12(17)8(6-16)7-18(13)10-5-9(15)3-4-11(10)23(2,20)21/h3-5,7H,17H2,1-2H3. The molecule has 1 aromatic carbocycles. The monoisotopic (exact) mass is 337 g/mol. The van der Waals surface area contributed by atoms with Gasteiger partial charge in [-0.3, -0.25) is 0 Å². The van der Waals surface area contributed by atoms with E-state index in [1.165, 1.54) is 0 Å². The van der Waals surface area contributed by atoms with E-state index in [-0.39, 0.29) is 27.5 Å². The molecule has 23 heavy (non-hydrogen) atoms. The zero-order valence-electron chi connectivity index (χ0n) is 12.2. The summed E-state index contributed by atoms with van der Waals surface area (Å²) in [4.78, 5) is 11.7. The Hall–Kier alpha value is -2.86. The van der Waals surface area contributed by atoms with Crippen LogP contribution in [-0.4, -0.2) is 32.3 Å². The topological polar surface area (TPSA) is 115 Å². The number of hydrogen-bond acceptors (Lipinski definition) is 6. The molecule has 0 aliphatic heterocycles. The highest BCUT2D eigenvalue weighted by Gasteiger charge is 2.25. The summed E-state index contributed by atoms with van der Waals surface area (Å²) in [6, 6.07) is 4.77. The van der Waals surface area contributed by atoms with Crippen molar-refractivity contribution in [2.75, 3.05) is 19.1 Å². The van der Waals surface area contributed by atoms with Crippen molar-refractivity contribution in [3.63, 3.8) is 0 Å². The Morgan fingerprint density at radius 1 is 1.43 bits per heavy atom. The van der Waals surface area contributed by atoms with Gasteiger partial charge in [0.05, 0.1) is 28.9 Å². The van der Waals surface area contributed by atoms with Crippen LogP contribution in [-0.2, 0) is 14.6 Å². The van der Waals surface area contributed by atoms with E-state index in [9.17, 15) is 17.6 Å². The van der Waals surface area contributed by atoms with Gasteiger partial charge in [-0.2, -0.15) is 5.26 Å². The number of ether oxygens (including phenoxy) is 1. The Balaban J connectivity index is 2.91. The third-order valence-corrected chi connectivity index (χ3v) is 4.27. The molecule has 0 bridgehead atoms. The number of carbonyl (C=O) groups excluding carboxylic acids is 1. The van der Waals surface area contributed by atoms with E-state index in [2.05, 4.69) is 4.74 Å². The number of nitrogen functional groups attached to an aromatic ring is 1. The quantitative estimate of drug-likeness (QED) is 0.666. The molecule has 0 amide bonds. The van der Waals surface area contributed by atoms with E-state index >= 15 is 0 Å². The van der Waals surface area contributed by atoms with Crippen LogP contribution < -0.4 is 5.73 Å². The summed E-state index contributed by atoms with van der Waals surface area (Å²) in [5, 5.41) is 9.05. The van der Waals surface area contributed by atoms with Crippen molar-refractivity contribution in [3.05, 3.63) is 41.5 Å². The number of sulfone groups is 1. The fourth-order valence-corrected chi connectivity index (χ4v) is 2.95. The largest absolute Gasteiger partial charge is 0.464 e. The van der Waals surface area contributed by atoms with Crippen LogP contribution in [0.3, 0.4) is 0 Å². The van der Waals surface area contributed by atoms with Gasteiger partial charge in [0.15, 0.2) is 15.5 Å². The summed E-state index contributed by atoms with van der Waals surface area (Å²) in [6.07, 6.45) is 2.10. The Kier molecular flexibility index (Phi) is 4.12. The van der Waals surface area contributed by atoms with Gasteiger partial charge in [0.2, 0.25) is 0 Å². The number of aromatic nitrogens is 1. The Morgan fingerprint density at radius 2 is 2.09 bits per heavy atom. The number of hydrogen-bond donors (Lipinski definition) is 1. The van der Waals surface area contributed by atoms with Crippen LogP contribution in [0.4, 0.5) is 10.1 Å². The Bertz CT molecular complexity index is 942. The van der Waals surface area contributed by atoms with E-state index in [1.54, 1.807) is 6.07 Å². The number of nitrogens with zero attached hydrogens (tertiary/aromatic N) is 2. The van der Waals surface area contributed by atoms with E-state index in [4.69, 9.17) is 11.0 Å². The van der Waals surface area contributed by atoms with E-state index in [1.807, 2.05) is 0 Å². The van der Waals surface area contributed by atoms with Gasteiger partial charge in [-0.1, -0.05) is 0 Å². The maximum absolute atomic E-state index is 13.6. The van der Waals surface area contributed by atoms with Gasteiger partial charge in [0.1, 0.15) is 11.9 Å². The zero-order valence-corrected chi connectivity index (χ0v) is 13.0. The maximum Gasteiger partial charge on any atom is 0.357 e. The molecule has 9 heteroatoms. The fraction of sp³-hybridized carbons (Fsp3) is 0.143. The van der Waals surface area contributed by atoms with E-state index in [0.29, 0.717) is 0 Å². The lowest BCUT2D eigenvalue weighted by Crippen LogP contribution is -2.13. The third-order valence-electron chi connectivity index (χ3n) is 3.12. The molecule has 0 aliphatic rings. The molecule has 2 rings (SSSR count). The van der Waals surface area contributed by atoms with Crippen molar-refractivity contribution in [1.29, 1.82) is 5.26 Å². The first-order chi connectivity index (χ1) is 10.7. The molecule has 0 atom stereocenters.